The van der Waals surface area contributed by atoms with Gasteiger partial charge in [-0.25, -0.2) is 5.48 Å². The largest absolute Gasteiger partial charge is 0.483 e. The van der Waals surface area contributed by atoms with Crippen molar-refractivity contribution >= 4 is 11.8 Å². The second-order valence-corrected chi connectivity index (χ2v) is 11.8. The molecule has 0 aromatic heterocycles. The van der Waals surface area contributed by atoms with E-state index in [9.17, 15) is 35.9 Å². The molecule has 2 N–H and O–H groups in total. The van der Waals surface area contributed by atoms with Crippen molar-refractivity contribution in [2.45, 2.75) is 55.9 Å². The van der Waals surface area contributed by atoms with Crippen molar-refractivity contribution in [3.63, 3.8) is 0 Å². The Hall–Kier alpha value is -4.10. The normalized spacial score (nSPS) is 16.3. The summed E-state index contributed by atoms with van der Waals surface area (Å²) in [5.74, 6) is -1.28. The van der Waals surface area contributed by atoms with E-state index in [4.69, 9.17) is 4.74 Å². The molecule has 2 aliphatic rings. The molecule has 1 fully saturated rings. The maximum Gasteiger partial charge on any atom is 0.422 e. The maximum atomic E-state index is 13.7. The molecular weight excluding hydrogens is 628 g/mol. The molecule has 0 atom stereocenters. The van der Waals surface area contributed by atoms with Gasteiger partial charge >= 0.3 is 12.4 Å². The molecule has 252 valence electrons. The van der Waals surface area contributed by atoms with Gasteiger partial charge in [-0.2, -0.15) is 26.3 Å². The number of amides is 2. The van der Waals surface area contributed by atoms with E-state index in [0.29, 0.717) is 51.7 Å². The predicted octanol–water partition coefficient (Wildman–Crippen LogP) is 6.57. The summed E-state index contributed by atoms with van der Waals surface area (Å²) < 4.78 is 81.1. The van der Waals surface area contributed by atoms with Crippen LogP contribution in [0.3, 0.4) is 0 Å². The summed E-state index contributed by atoms with van der Waals surface area (Å²) in [7, 11) is 0. The van der Waals surface area contributed by atoms with E-state index < -0.39 is 42.8 Å². The molecule has 3 aromatic carbocycles. The Kier molecular flexibility index (Phi) is 10.5. The minimum Gasteiger partial charge on any atom is -0.483 e. The first-order chi connectivity index (χ1) is 22.4. The van der Waals surface area contributed by atoms with Crippen molar-refractivity contribution in [1.82, 2.24) is 15.7 Å². The molecule has 47 heavy (non-hydrogen) atoms. The number of alkyl halides is 6. The zero-order valence-corrected chi connectivity index (χ0v) is 25.4. The van der Waals surface area contributed by atoms with Gasteiger partial charge < -0.3 is 15.0 Å². The van der Waals surface area contributed by atoms with Gasteiger partial charge in [0.2, 0.25) is 0 Å². The minimum atomic E-state index is -4.60. The molecule has 0 bridgehead atoms. The number of nitrogens with one attached hydrogen (secondary N) is 2. The molecule has 0 radical (unpaired) electrons. The van der Waals surface area contributed by atoms with Crippen molar-refractivity contribution in [3.05, 3.63) is 89.5 Å². The van der Waals surface area contributed by atoms with Crippen molar-refractivity contribution in [3.8, 4) is 16.9 Å². The summed E-state index contributed by atoms with van der Waals surface area (Å²) in [6, 6.07) is 20.4. The quantitative estimate of drug-likeness (QED) is 0.130. The molecule has 0 saturated carbocycles. The number of piperidine rings is 1. The van der Waals surface area contributed by atoms with Crippen LogP contribution in [-0.4, -0.2) is 68.0 Å². The van der Waals surface area contributed by atoms with Gasteiger partial charge in [-0.05, 0) is 66.6 Å². The highest BCUT2D eigenvalue weighted by molar-refractivity contribution is 6.00. The highest BCUT2D eigenvalue weighted by Gasteiger charge is 2.49. The third kappa shape index (κ3) is 8.25. The molecule has 0 unspecified atom stereocenters. The number of carbonyl (C=O) groups is 2. The molecule has 2 amide bonds. The molecular formula is C34H35F6N3O4. The maximum absolute atomic E-state index is 13.7. The third-order valence-corrected chi connectivity index (χ3v) is 8.57. The molecule has 1 heterocycles. The van der Waals surface area contributed by atoms with E-state index in [-0.39, 0.29) is 17.4 Å². The molecule has 0 spiro atoms. The topological polar surface area (TPSA) is 79.9 Å². The van der Waals surface area contributed by atoms with Crippen LogP contribution in [0.5, 0.6) is 5.75 Å². The molecule has 13 heteroatoms. The Labute approximate surface area is 268 Å². The van der Waals surface area contributed by atoms with E-state index in [1.54, 1.807) is 18.2 Å². The van der Waals surface area contributed by atoms with Crippen molar-refractivity contribution < 1.29 is 45.5 Å². The zero-order chi connectivity index (χ0) is 33.7. The predicted molar refractivity (Wildman–Crippen MR) is 162 cm³/mol. The number of hydroxylamine groups is 1. The van der Waals surface area contributed by atoms with E-state index in [1.165, 1.54) is 18.2 Å². The standard InChI is InChI=1S/C34H35F6N3O4/c35-33(36,37)21-46-29-14-6-3-11-26(29)30(44)41-23-15-19-43(20-16-23)18-8-7-17-32(31(45)42-47-22-34(38,39)40)27-12-4-1-9-24(27)25-10-2-5-13-28(25)32/h1-6,9-14,23H,7-8,15-22H2,(H,41,44)(H,42,45). The number of benzene rings is 3. The fourth-order valence-corrected chi connectivity index (χ4v) is 6.45. The van der Waals surface area contributed by atoms with Crippen LogP contribution in [0.15, 0.2) is 72.8 Å². The van der Waals surface area contributed by atoms with Crippen LogP contribution in [0.1, 0.15) is 53.6 Å². The highest BCUT2D eigenvalue weighted by Crippen LogP contribution is 2.51. The second-order valence-electron chi connectivity index (χ2n) is 11.8. The lowest BCUT2D eigenvalue weighted by atomic mass is 9.73. The van der Waals surface area contributed by atoms with Gasteiger partial charge in [0.1, 0.15) is 11.2 Å². The number of hydrogen-bond acceptors (Lipinski definition) is 5. The lowest BCUT2D eigenvalue weighted by molar-refractivity contribution is -0.193. The highest BCUT2D eigenvalue weighted by atomic mass is 19.4. The molecule has 3 aromatic rings. The summed E-state index contributed by atoms with van der Waals surface area (Å²) in [4.78, 5) is 33.4. The number of hydrogen-bond donors (Lipinski definition) is 2. The van der Waals surface area contributed by atoms with Crippen LogP contribution in [0.4, 0.5) is 26.3 Å². The third-order valence-electron chi connectivity index (χ3n) is 8.57. The van der Waals surface area contributed by atoms with Gasteiger partial charge in [0.25, 0.3) is 11.8 Å². The van der Waals surface area contributed by atoms with Crippen molar-refractivity contribution in [1.29, 1.82) is 0 Å². The van der Waals surface area contributed by atoms with E-state index >= 15 is 0 Å². The van der Waals surface area contributed by atoms with Crippen molar-refractivity contribution in [2.24, 2.45) is 0 Å². The Bertz CT molecular complexity index is 1510. The van der Waals surface area contributed by atoms with Gasteiger partial charge in [0, 0.05) is 19.1 Å². The smallest absolute Gasteiger partial charge is 0.422 e. The lowest BCUT2D eigenvalue weighted by Gasteiger charge is -2.33. The number of rotatable bonds is 12. The van der Waals surface area contributed by atoms with E-state index in [1.807, 2.05) is 36.4 Å². The number of halogens is 6. The number of nitrogens with zero attached hydrogens (tertiary/aromatic N) is 1. The fourth-order valence-electron chi connectivity index (χ4n) is 6.45. The van der Waals surface area contributed by atoms with Crippen LogP contribution in [0, 0.1) is 0 Å². The number of ether oxygens (including phenoxy) is 1. The molecule has 5 rings (SSSR count). The van der Waals surface area contributed by atoms with Crippen LogP contribution >= 0.6 is 0 Å². The number of carbonyl (C=O) groups excluding carboxylic acids is 2. The van der Waals surface area contributed by atoms with E-state index in [0.717, 1.165) is 22.3 Å². The molecule has 1 saturated heterocycles. The zero-order valence-electron chi connectivity index (χ0n) is 25.4. The second kappa shape index (κ2) is 14.3. The van der Waals surface area contributed by atoms with Crippen LogP contribution in [0.2, 0.25) is 0 Å². The molecule has 1 aliphatic carbocycles. The van der Waals surface area contributed by atoms with Crippen LogP contribution in [0.25, 0.3) is 11.1 Å². The summed E-state index contributed by atoms with van der Waals surface area (Å²) >= 11 is 0. The van der Waals surface area contributed by atoms with Gasteiger partial charge in [-0.1, -0.05) is 67.1 Å². The number of para-hydroxylation sites is 1. The van der Waals surface area contributed by atoms with Gasteiger partial charge in [-0.15, -0.1) is 0 Å². The molecule has 1 aliphatic heterocycles. The number of unbranched alkanes of at least 4 members (excludes halogenated alkanes) is 1. The summed E-state index contributed by atoms with van der Waals surface area (Å²) in [6.07, 6.45) is -6.19. The fraction of sp³-hybridized carbons (Fsp3) is 0.412. The Morgan fingerprint density at radius 2 is 1.36 bits per heavy atom. The van der Waals surface area contributed by atoms with Crippen molar-refractivity contribution in [2.75, 3.05) is 32.8 Å². The Balaban J connectivity index is 1.17. The Morgan fingerprint density at radius 1 is 0.787 bits per heavy atom. The average Bonchev–Trinajstić information content (AvgIpc) is 3.32. The van der Waals surface area contributed by atoms with E-state index in [2.05, 4.69) is 20.5 Å². The first-order valence-electron chi connectivity index (χ1n) is 15.4. The van der Waals surface area contributed by atoms with Crippen LogP contribution < -0.4 is 15.5 Å². The number of likely N-dealkylation sites (tertiary alicyclic amines) is 1. The monoisotopic (exact) mass is 663 g/mol. The van der Waals surface area contributed by atoms with Crippen LogP contribution in [-0.2, 0) is 15.0 Å². The summed E-state index contributed by atoms with van der Waals surface area (Å²) in [6.45, 7) is -1.03. The van der Waals surface area contributed by atoms with Gasteiger partial charge in [0.15, 0.2) is 13.2 Å². The first-order valence-corrected chi connectivity index (χ1v) is 15.4. The first kappa shape index (κ1) is 34.2. The SMILES string of the molecule is O=C(NC1CCN(CCCCC2(C(=O)NOCC(F)(F)F)c3ccccc3-c3ccccc32)CC1)c1ccccc1OCC(F)(F)F. The molecule has 7 nitrogen and oxygen atoms in total. The average molecular weight is 664 g/mol. The number of fused-ring (bicyclic) bond motifs is 3. The minimum absolute atomic E-state index is 0.0380. The van der Waals surface area contributed by atoms with Gasteiger partial charge in [-0.3, -0.25) is 14.4 Å². The summed E-state index contributed by atoms with van der Waals surface area (Å²) in [5.41, 5.74) is 4.04. The Morgan fingerprint density at radius 3 is 1.98 bits per heavy atom. The van der Waals surface area contributed by atoms with Gasteiger partial charge in [0.05, 0.1) is 5.56 Å². The lowest BCUT2D eigenvalue weighted by Crippen LogP contribution is -2.46. The summed E-state index contributed by atoms with van der Waals surface area (Å²) in [5, 5.41) is 2.91.